The molecule has 2 nitrogen and oxygen atoms in total. The number of amides is 1. The molecule has 0 unspecified atom stereocenters. The summed E-state index contributed by atoms with van der Waals surface area (Å²) in [7, 11) is 0. The van der Waals surface area contributed by atoms with Crippen molar-refractivity contribution in [3.63, 3.8) is 0 Å². The Labute approximate surface area is 134 Å². The number of hydrogen-bond acceptors (Lipinski definition) is 1. The van der Waals surface area contributed by atoms with Gasteiger partial charge in [-0.1, -0.05) is 48.8 Å². The lowest BCUT2D eigenvalue weighted by molar-refractivity contribution is 0.102. The molecule has 0 saturated heterocycles. The van der Waals surface area contributed by atoms with Crippen molar-refractivity contribution >= 4 is 27.5 Å². The van der Waals surface area contributed by atoms with Gasteiger partial charge < -0.3 is 5.32 Å². The summed E-state index contributed by atoms with van der Waals surface area (Å²) in [4.78, 5) is 12.3. The van der Waals surface area contributed by atoms with Gasteiger partial charge in [-0.05, 0) is 53.8 Å². The van der Waals surface area contributed by atoms with Crippen LogP contribution in [0.4, 0.5) is 5.69 Å². The summed E-state index contributed by atoms with van der Waals surface area (Å²) in [6.45, 7) is 8.46. The number of aryl methyl sites for hydroxylation is 1. The van der Waals surface area contributed by atoms with Gasteiger partial charge >= 0.3 is 0 Å². The molecule has 1 N–H and O–H groups in total. The average Bonchev–Trinajstić information content (AvgIpc) is 2.41. The molecule has 0 aliphatic carbocycles. The van der Waals surface area contributed by atoms with Gasteiger partial charge in [-0.15, -0.1) is 0 Å². The van der Waals surface area contributed by atoms with E-state index in [4.69, 9.17) is 0 Å². The molecule has 0 fully saturated rings. The van der Waals surface area contributed by atoms with E-state index in [-0.39, 0.29) is 11.3 Å². The summed E-state index contributed by atoms with van der Waals surface area (Å²) in [5.74, 6) is -0.0825. The van der Waals surface area contributed by atoms with E-state index < -0.39 is 0 Å². The SMILES string of the molecule is Cc1cc(Br)ccc1NC(=O)c1ccc(C(C)(C)C)cc1. The molecule has 0 aliphatic rings. The minimum atomic E-state index is -0.0825. The Morgan fingerprint density at radius 2 is 1.67 bits per heavy atom. The van der Waals surface area contributed by atoms with E-state index in [1.807, 2.05) is 49.4 Å². The predicted molar refractivity (Wildman–Crippen MR) is 92.0 cm³/mol. The molecule has 2 aromatic rings. The molecule has 3 heteroatoms. The van der Waals surface area contributed by atoms with Gasteiger partial charge in [0.2, 0.25) is 0 Å². The van der Waals surface area contributed by atoms with Gasteiger partial charge in [-0.25, -0.2) is 0 Å². The second-order valence-corrected chi connectivity index (χ2v) is 7.16. The summed E-state index contributed by atoms with van der Waals surface area (Å²) in [6.07, 6.45) is 0. The largest absolute Gasteiger partial charge is 0.322 e. The maximum absolute atomic E-state index is 12.3. The van der Waals surface area contributed by atoms with Crippen molar-refractivity contribution < 1.29 is 4.79 Å². The molecule has 0 radical (unpaired) electrons. The van der Waals surface area contributed by atoms with Gasteiger partial charge in [-0.3, -0.25) is 4.79 Å². The van der Waals surface area contributed by atoms with Gasteiger partial charge in [-0.2, -0.15) is 0 Å². The highest BCUT2D eigenvalue weighted by Crippen LogP contribution is 2.23. The van der Waals surface area contributed by atoms with Gasteiger partial charge in [0.25, 0.3) is 5.91 Å². The van der Waals surface area contributed by atoms with E-state index in [1.165, 1.54) is 5.56 Å². The molecule has 21 heavy (non-hydrogen) atoms. The van der Waals surface area contributed by atoms with Crippen LogP contribution in [0.2, 0.25) is 0 Å². The van der Waals surface area contributed by atoms with Gasteiger partial charge in [0, 0.05) is 15.7 Å². The van der Waals surface area contributed by atoms with Crippen molar-refractivity contribution in [1.29, 1.82) is 0 Å². The highest BCUT2D eigenvalue weighted by molar-refractivity contribution is 9.10. The van der Waals surface area contributed by atoms with Crippen LogP contribution < -0.4 is 5.32 Å². The van der Waals surface area contributed by atoms with Crippen LogP contribution in [-0.4, -0.2) is 5.91 Å². The van der Waals surface area contributed by atoms with Crippen LogP contribution in [0.3, 0.4) is 0 Å². The van der Waals surface area contributed by atoms with Crippen LogP contribution in [-0.2, 0) is 5.41 Å². The molecular formula is C18H20BrNO. The first-order chi connectivity index (χ1) is 9.77. The number of rotatable bonds is 2. The zero-order valence-corrected chi connectivity index (χ0v) is 14.4. The molecule has 1 amide bonds. The maximum atomic E-state index is 12.3. The fourth-order valence-corrected chi connectivity index (χ4v) is 2.56. The zero-order valence-electron chi connectivity index (χ0n) is 12.8. The highest BCUT2D eigenvalue weighted by atomic mass is 79.9. The van der Waals surface area contributed by atoms with Crippen LogP contribution in [0.5, 0.6) is 0 Å². The molecule has 2 rings (SSSR count). The topological polar surface area (TPSA) is 29.1 Å². The van der Waals surface area contributed by atoms with Crippen molar-refractivity contribution in [2.45, 2.75) is 33.1 Å². The summed E-state index contributed by atoms with van der Waals surface area (Å²) in [5.41, 5.74) is 3.86. The minimum Gasteiger partial charge on any atom is -0.322 e. The maximum Gasteiger partial charge on any atom is 0.255 e. The third kappa shape index (κ3) is 3.94. The first-order valence-corrected chi connectivity index (χ1v) is 7.75. The number of hydrogen-bond donors (Lipinski definition) is 1. The molecule has 0 aromatic heterocycles. The van der Waals surface area contributed by atoms with Gasteiger partial charge in [0.1, 0.15) is 0 Å². The third-order valence-electron chi connectivity index (χ3n) is 3.45. The lowest BCUT2D eigenvalue weighted by atomic mass is 9.87. The monoisotopic (exact) mass is 345 g/mol. The van der Waals surface area contributed by atoms with Crippen molar-refractivity contribution in [2.24, 2.45) is 0 Å². The lowest BCUT2D eigenvalue weighted by Gasteiger charge is -2.19. The molecular weight excluding hydrogens is 326 g/mol. The van der Waals surface area contributed by atoms with Crippen LogP contribution in [0.1, 0.15) is 42.3 Å². The molecule has 0 spiro atoms. The van der Waals surface area contributed by atoms with Crippen molar-refractivity contribution in [3.8, 4) is 0 Å². The molecule has 0 aliphatic heterocycles. The standard InChI is InChI=1S/C18H20BrNO/c1-12-11-15(19)9-10-16(12)20-17(21)13-5-7-14(8-6-13)18(2,3)4/h5-11H,1-4H3,(H,20,21). The number of benzene rings is 2. The van der Waals surface area contributed by atoms with E-state index >= 15 is 0 Å². The minimum absolute atomic E-state index is 0.0825. The predicted octanol–water partition coefficient (Wildman–Crippen LogP) is 5.31. The quantitative estimate of drug-likeness (QED) is 0.785. The van der Waals surface area contributed by atoms with Gasteiger partial charge in [0.15, 0.2) is 0 Å². The normalized spacial score (nSPS) is 11.3. The Kier molecular flexibility index (Phi) is 4.52. The second-order valence-electron chi connectivity index (χ2n) is 6.24. The molecule has 0 bridgehead atoms. The second kappa shape index (κ2) is 6.02. The summed E-state index contributed by atoms with van der Waals surface area (Å²) in [5, 5.41) is 2.95. The summed E-state index contributed by atoms with van der Waals surface area (Å²) >= 11 is 3.42. The van der Waals surface area contributed by atoms with E-state index in [1.54, 1.807) is 0 Å². The Morgan fingerprint density at radius 3 is 2.19 bits per heavy atom. The summed E-state index contributed by atoms with van der Waals surface area (Å²) in [6, 6.07) is 13.6. The Hall–Kier alpha value is -1.61. The van der Waals surface area contributed by atoms with Crippen molar-refractivity contribution in [3.05, 3.63) is 63.6 Å². The first kappa shape index (κ1) is 15.8. The van der Waals surface area contributed by atoms with Gasteiger partial charge in [0.05, 0.1) is 0 Å². The van der Waals surface area contributed by atoms with Crippen LogP contribution in [0, 0.1) is 6.92 Å². The molecule has 0 heterocycles. The van der Waals surface area contributed by atoms with E-state index in [0.29, 0.717) is 5.56 Å². The number of halogens is 1. The van der Waals surface area contributed by atoms with Crippen molar-refractivity contribution in [2.75, 3.05) is 5.32 Å². The third-order valence-corrected chi connectivity index (χ3v) is 3.94. The average molecular weight is 346 g/mol. The number of carbonyl (C=O) groups excluding carboxylic acids is 1. The fourth-order valence-electron chi connectivity index (χ4n) is 2.08. The van der Waals surface area contributed by atoms with Crippen LogP contribution in [0.25, 0.3) is 0 Å². The lowest BCUT2D eigenvalue weighted by Crippen LogP contribution is -2.14. The van der Waals surface area contributed by atoms with E-state index in [2.05, 4.69) is 42.0 Å². The molecule has 0 atom stereocenters. The smallest absolute Gasteiger partial charge is 0.255 e. The highest BCUT2D eigenvalue weighted by Gasteiger charge is 2.14. The molecule has 2 aromatic carbocycles. The molecule has 110 valence electrons. The fraction of sp³-hybridized carbons (Fsp3) is 0.278. The van der Waals surface area contributed by atoms with Crippen molar-refractivity contribution in [1.82, 2.24) is 0 Å². The summed E-state index contributed by atoms with van der Waals surface area (Å²) < 4.78 is 1.01. The number of carbonyl (C=O) groups is 1. The van der Waals surface area contributed by atoms with Crippen LogP contribution in [0.15, 0.2) is 46.9 Å². The van der Waals surface area contributed by atoms with E-state index in [9.17, 15) is 4.79 Å². The Morgan fingerprint density at radius 1 is 1.05 bits per heavy atom. The number of nitrogens with one attached hydrogen (secondary N) is 1. The molecule has 0 saturated carbocycles. The number of anilines is 1. The van der Waals surface area contributed by atoms with Crippen LogP contribution >= 0.6 is 15.9 Å². The Bertz CT molecular complexity index is 654. The Balaban J connectivity index is 2.17. The zero-order chi connectivity index (χ0) is 15.6. The first-order valence-electron chi connectivity index (χ1n) is 6.95. The van der Waals surface area contributed by atoms with E-state index in [0.717, 1.165) is 15.7 Å².